The van der Waals surface area contributed by atoms with Crippen LogP contribution in [0.15, 0.2) is 48.5 Å². The van der Waals surface area contributed by atoms with Gasteiger partial charge in [-0.25, -0.2) is 4.39 Å². The normalized spacial score (nSPS) is 25.5. The molecule has 2 aliphatic rings. The molecule has 1 N–H and O–H groups in total. The van der Waals surface area contributed by atoms with E-state index in [1.54, 1.807) is 41.3 Å². The van der Waals surface area contributed by atoms with Crippen molar-refractivity contribution in [3.8, 4) is 5.75 Å². The number of methoxy groups -OCH3 is 1. The van der Waals surface area contributed by atoms with Crippen LogP contribution in [0.2, 0.25) is 0 Å². The lowest BCUT2D eigenvalue weighted by molar-refractivity contribution is -0.123. The van der Waals surface area contributed by atoms with E-state index in [4.69, 9.17) is 9.47 Å². The number of hydrogen-bond acceptors (Lipinski definition) is 4. The van der Waals surface area contributed by atoms with E-state index in [-0.39, 0.29) is 18.2 Å². The third kappa shape index (κ3) is 4.14. The number of ether oxygens (including phenoxy) is 2. The standard InChI is InChI=1S/C24H27FN2O4/c1-16-10-12-24(13-11-16)27(23(29)17-6-5-7-18(14-17)30-2)21(15-31-24)22(28)26-20-9-4-3-8-19(20)25/h3-9,14,16,21H,10-13,15H2,1-2H3,(H,26,28). The van der Waals surface area contributed by atoms with Crippen LogP contribution in [-0.2, 0) is 9.53 Å². The number of nitrogens with zero attached hydrogens (tertiary/aromatic N) is 1. The third-order valence-corrected chi connectivity index (χ3v) is 6.29. The van der Waals surface area contributed by atoms with Gasteiger partial charge in [0.1, 0.15) is 23.3 Å². The number of para-hydroxylation sites is 1. The minimum Gasteiger partial charge on any atom is -0.497 e. The first-order chi connectivity index (χ1) is 14.9. The van der Waals surface area contributed by atoms with Gasteiger partial charge >= 0.3 is 0 Å². The zero-order valence-electron chi connectivity index (χ0n) is 17.8. The third-order valence-electron chi connectivity index (χ3n) is 6.29. The van der Waals surface area contributed by atoms with E-state index in [0.717, 1.165) is 12.8 Å². The molecule has 0 bridgehead atoms. The Balaban J connectivity index is 1.66. The molecular formula is C24H27FN2O4. The molecule has 0 radical (unpaired) electrons. The van der Waals surface area contributed by atoms with E-state index >= 15 is 0 Å². The Hall–Kier alpha value is -2.93. The largest absolute Gasteiger partial charge is 0.497 e. The number of rotatable bonds is 4. The molecule has 4 rings (SSSR count). The highest BCUT2D eigenvalue weighted by atomic mass is 19.1. The fraction of sp³-hybridized carbons (Fsp3) is 0.417. The minimum atomic E-state index is -0.855. The molecule has 1 aliphatic heterocycles. The summed E-state index contributed by atoms with van der Waals surface area (Å²) in [5.74, 6) is -0.183. The topological polar surface area (TPSA) is 67.9 Å². The second-order valence-corrected chi connectivity index (χ2v) is 8.33. The van der Waals surface area contributed by atoms with E-state index in [2.05, 4.69) is 12.2 Å². The van der Waals surface area contributed by atoms with Crippen LogP contribution < -0.4 is 10.1 Å². The van der Waals surface area contributed by atoms with Crippen molar-refractivity contribution in [2.24, 2.45) is 5.92 Å². The van der Waals surface area contributed by atoms with Crippen molar-refractivity contribution in [3.05, 3.63) is 59.9 Å². The van der Waals surface area contributed by atoms with E-state index in [1.165, 1.54) is 19.2 Å². The minimum absolute atomic E-state index is 0.0738. The second kappa shape index (κ2) is 8.67. The molecule has 1 atom stereocenters. The molecule has 7 heteroatoms. The number of carbonyl (C=O) groups is 2. The summed E-state index contributed by atoms with van der Waals surface area (Å²) in [7, 11) is 1.54. The zero-order valence-corrected chi connectivity index (χ0v) is 17.8. The van der Waals surface area contributed by atoms with Crippen LogP contribution in [0.25, 0.3) is 0 Å². The predicted molar refractivity (Wildman–Crippen MR) is 114 cm³/mol. The van der Waals surface area contributed by atoms with Gasteiger partial charge in [-0.05, 0) is 61.9 Å². The Kier molecular flexibility index (Phi) is 5.96. The monoisotopic (exact) mass is 426 g/mol. The van der Waals surface area contributed by atoms with Crippen molar-refractivity contribution >= 4 is 17.5 Å². The van der Waals surface area contributed by atoms with Crippen LogP contribution in [0.5, 0.6) is 5.75 Å². The Morgan fingerprint density at radius 2 is 1.90 bits per heavy atom. The van der Waals surface area contributed by atoms with E-state index in [0.29, 0.717) is 30.1 Å². The lowest BCUT2D eigenvalue weighted by Crippen LogP contribution is -2.56. The summed E-state index contributed by atoms with van der Waals surface area (Å²) in [6.07, 6.45) is 3.13. The number of amides is 2. The van der Waals surface area contributed by atoms with Crippen LogP contribution in [-0.4, -0.2) is 42.2 Å². The lowest BCUT2D eigenvalue weighted by atomic mass is 9.83. The molecule has 2 fully saturated rings. The molecular weight excluding hydrogens is 399 g/mol. The van der Waals surface area contributed by atoms with Gasteiger partial charge in [-0.2, -0.15) is 0 Å². The maximum absolute atomic E-state index is 14.1. The fourth-order valence-corrected chi connectivity index (χ4v) is 4.45. The smallest absolute Gasteiger partial charge is 0.257 e. The molecule has 31 heavy (non-hydrogen) atoms. The van der Waals surface area contributed by atoms with Crippen molar-refractivity contribution in [3.63, 3.8) is 0 Å². The van der Waals surface area contributed by atoms with Crippen LogP contribution in [0.4, 0.5) is 10.1 Å². The molecule has 2 aromatic carbocycles. The molecule has 1 aliphatic carbocycles. The summed E-state index contributed by atoms with van der Waals surface area (Å²) >= 11 is 0. The summed E-state index contributed by atoms with van der Waals surface area (Å²) in [5, 5.41) is 2.63. The summed E-state index contributed by atoms with van der Waals surface area (Å²) < 4.78 is 25.5. The molecule has 1 heterocycles. The van der Waals surface area contributed by atoms with Gasteiger partial charge in [-0.15, -0.1) is 0 Å². The summed E-state index contributed by atoms with van der Waals surface area (Å²) in [6, 6.07) is 12.0. The predicted octanol–water partition coefficient (Wildman–Crippen LogP) is 4.22. The maximum atomic E-state index is 14.1. The first-order valence-corrected chi connectivity index (χ1v) is 10.6. The zero-order chi connectivity index (χ0) is 22.0. The Morgan fingerprint density at radius 1 is 1.16 bits per heavy atom. The molecule has 1 spiro atoms. The molecule has 1 saturated carbocycles. The van der Waals surface area contributed by atoms with E-state index in [9.17, 15) is 14.0 Å². The maximum Gasteiger partial charge on any atom is 0.257 e. The molecule has 2 amide bonds. The highest BCUT2D eigenvalue weighted by Crippen LogP contribution is 2.43. The number of hydrogen-bond donors (Lipinski definition) is 1. The van der Waals surface area contributed by atoms with Gasteiger partial charge < -0.3 is 14.8 Å². The Bertz CT molecular complexity index is 972. The average Bonchev–Trinajstić information content (AvgIpc) is 3.16. The van der Waals surface area contributed by atoms with Crippen molar-refractivity contribution in [2.45, 2.75) is 44.4 Å². The molecule has 2 aromatic rings. The van der Waals surface area contributed by atoms with Crippen LogP contribution in [0.3, 0.4) is 0 Å². The van der Waals surface area contributed by atoms with Gasteiger partial charge in [-0.3, -0.25) is 14.5 Å². The number of carbonyl (C=O) groups excluding carboxylic acids is 2. The van der Waals surface area contributed by atoms with E-state index in [1.807, 2.05) is 0 Å². The van der Waals surface area contributed by atoms with Crippen molar-refractivity contribution < 1.29 is 23.5 Å². The van der Waals surface area contributed by atoms with Crippen molar-refractivity contribution in [2.75, 3.05) is 19.0 Å². The van der Waals surface area contributed by atoms with Gasteiger partial charge in [0.05, 0.1) is 19.4 Å². The summed E-state index contributed by atoms with van der Waals surface area (Å²) in [6.45, 7) is 2.25. The van der Waals surface area contributed by atoms with E-state index < -0.39 is 23.5 Å². The molecule has 1 saturated heterocycles. The highest BCUT2D eigenvalue weighted by molar-refractivity contribution is 6.02. The molecule has 1 unspecified atom stereocenters. The quantitative estimate of drug-likeness (QED) is 0.795. The van der Waals surface area contributed by atoms with Gasteiger partial charge in [-0.1, -0.05) is 25.1 Å². The van der Waals surface area contributed by atoms with Crippen LogP contribution in [0.1, 0.15) is 43.0 Å². The highest BCUT2D eigenvalue weighted by Gasteiger charge is 2.53. The van der Waals surface area contributed by atoms with Gasteiger partial charge in [0.25, 0.3) is 5.91 Å². The second-order valence-electron chi connectivity index (χ2n) is 8.33. The number of nitrogens with one attached hydrogen (secondary N) is 1. The molecule has 6 nitrogen and oxygen atoms in total. The SMILES string of the molecule is COc1cccc(C(=O)N2C(C(=O)Nc3ccccc3F)COC23CCC(C)CC3)c1. The first kappa shape index (κ1) is 21.3. The van der Waals surface area contributed by atoms with Crippen molar-refractivity contribution in [1.29, 1.82) is 0 Å². The Morgan fingerprint density at radius 3 is 2.61 bits per heavy atom. The summed E-state index contributed by atoms with van der Waals surface area (Å²) in [4.78, 5) is 28.4. The van der Waals surface area contributed by atoms with Gasteiger partial charge in [0.2, 0.25) is 5.91 Å². The van der Waals surface area contributed by atoms with Gasteiger partial charge in [0.15, 0.2) is 0 Å². The van der Waals surface area contributed by atoms with Crippen LogP contribution in [0, 0.1) is 11.7 Å². The average molecular weight is 426 g/mol. The number of halogens is 1. The van der Waals surface area contributed by atoms with Gasteiger partial charge in [0, 0.05) is 5.56 Å². The number of benzene rings is 2. The number of anilines is 1. The van der Waals surface area contributed by atoms with Crippen molar-refractivity contribution in [1.82, 2.24) is 4.90 Å². The molecule has 164 valence electrons. The van der Waals surface area contributed by atoms with Crippen LogP contribution >= 0.6 is 0 Å². The molecule has 0 aromatic heterocycles. The lowest BCUT2D eigenvalue weighted by Gasteiger charge is -2.43. The first-order valence-electron chi connectivity index (χ1n) is 10.6. The summed E-state index contributed by atoms with van der Waals surface area (Å²) in [5.41, 5.74) is -0.324. The Labute approximate surface area is 181 Å². The fourth-order valence-electron chi connectivity index (χ4n) is 4.45.